The molecule has 0 saturated carbocycles. The minimum atomic E-state index is -4.43. The zero-order chi connectivity index (χ0) is 22.3. The molecule has 158 valence electrons. The highest BCUT2D eigenvalue weighted by Gasteiger charge is 2.30. The molecule has 5 nitrogen and oxygen atoms in total. The minimum absolute atomic E-state index is 0.0594. The van der Waals surface area contributed by atoms with Crippen molar-refractivity contribution in [1.29, 1.82) is 0 Å². The number of carbonyl (C=O) groups is 2. The summed E-state index contributed by atoms with van der Waals surface area (Å²) in [4.78, 5) is 24.5. The third-order valence-electron chi connectivity index (χ3n) is 5.11. The molecule has 31 heavy (non-hydrogen) atoms. The Morgan fingerprint density at radius 3 is 2.39 bits per heavy atom. The van der Waals surface area contributed by atoms with E-state index >= 15 is 0 Å². The van der Waals surface area contributed by atoms with Gasteiger partial charge in [0, 0.05) is 28.7 Å². The molecule has 0 spiro atoms. The Labute approximate surface area is 180 Å². The number of carbonyl (C=O) groups excluding carboxylic acids is 2. The number of rotatable bonds is 3. The quantitative estimate of drug-likeness (QED) is 0.366. The van der Waals surface area contributed by atoms with Gasteiger partial charge in [-0.15, -0.1) is 0 Å². The normalized spacial score (nSPS) is 14.6. The van der Waals surface area contributed by atoms with Gasteiger partial charge in [0.05, 0.1) is 5.56 Å². The minimum Gasteiger partial charge on any atom is -0.340 e. The molecule has 0 radical (unpaired) electrons. The summed E-state index contributed by atoms with van der Waals surface area (Å²) in [5, 5.41) is 5.50. The molecular formula is C22H16F3N3O2S. The Kier molecular flexibility index (Phi) is 5.14. The average molecular weight is 443 g/mol. The lowest BCUT2D eigenvalue weighted by Gasteiger charge is -2.16. The van der Waals surface area contributed by atoms with Gasteiger partial charge in [-0.05, 0) is 49.0 Å². The first-order valence-electron chi connectivity index (χ1n) is 9.27. The summed E-state index contributed by atoms with van der Waals surface area (Å²) in [5.74, 6) is -1.22. The lowest BCUT2D eigenvalue weighted by molar-refractivity contribution is -0.137. The predicted molar refractivity (Wildman–Crippen MR) is 114 cm³/mol. The van der Waals surface area contributed by atoms with Gasteiger partial charge in [0.2, 0.25) is 0 Å². The summed E-state index contributed by atoms with van der Waals surface area (Å²) in [7, 11) is 0. The van der Waals surface area contributed by atoms with Crippen molar-refractivity contribution in [2.45, 2.75) is 19.6 Å². The molecular weight excluding hydrogens is 427 g/mol. The van der Waals surface area contributed by atoms with Crippen molar-refractivity contribution in [1.82, 2.24) is 15.2 Å². The van der Waals surface area contributed by atoms with Crippen LogP contribution in [0.5, 0.6) is 0 Å². The number of hydrogen-bond acceptors (Lipinski definition) is 3. The van der Waals surface area contributed by atoms with Crippen molar-refractivity contribution in [2.24, 2.45) is 0 Å². The van der Waals surface area contributed by atoms with Gasteiger partial charge in [0.15, 0.2) is 5.11 Å². The number of fused-ring (bicyclic) bond motifs is 1. The molecule has 1 fully saturated rings. The summed E-state index contributed by atoms with van der Waals surface area (Å²) in [6.07, 6.45) is -2.95. The molecule has 1 aliphatic heterocycles. The molecule has 9 heteroatoms. The molecule has 0 aliphatic carbocycles. The number of thiocarbonyl (C=S) groups is 1. The zero-order valence-electron chi connectivity index (χ0n) is 16.2. The van der Waals surface area contributed by atoms with Crippen LogP contribution in [-0.2, 0) is 22.3 Å². The van der Waals surface area contributed by atoms with E-state index in [1.54, 1.807) is 13.0 Å². The Bertz CT molecular complexity index is 1250. The molecule has 4 rings (SSSR count). The van der Waals surface area contributed by atoms with Crippen LogP contribution in [0.1, 0.15) is 22.4 Å². The first kappa shape index (κ1) is 20.8. The van der Waals surface area contributed by atoms with Crippen LogP contribution in [0.15, 0.2) is 54.1 Å². The van der Waals surface area contributed by atoms with Gasteiger partial charge in [-0.1, -0.05) is 30.3 Å². The van der Waals surface area contributed by atoms with Gasteiger partial charge >= 0.3 is 6.18 Å². The number of halogens is 3. The lowest BCUT2D eigenvalue weighted by atomic mass is 10.1. The molecule has 2 N–H and O–H groups in total. The van der Waals surface area contributed by atoms with Gasteiger partial charge in [-0.25, -0.2) is 0 Å². The summed E-state index contributed by atoms with van der Waals surface area (Å²) in [6, 6.07) is 12.5. The molecule has 0 bridgehead atoms. The fourth-order valence-electron chi connectivity index (χ4n) is 3.62. The van der Waals surface area contributed by atoms with Gasteiger partial charge in [0.1, 0.15) is 5.57 Å². The van der Waals surface area contributed by atoms with Crippen molar-refractivity contribution in [3.63, 3.8) is 0 Å². The standard InChI is InChI=1S/C22H16F3N3O2S/c1-12-16(10-17-19(29)26-21(31)27-20(17)30)15-7-2-3-8-18(15)28(12)11-13-5-4-6-14(9-13)22(23,24)25/h2-10H,11H2,1H3,(H2,26,27,29,30,31). The Morgan fingerprint density at radius 2 is 1.71 bits per heavy atom. The second-order valence-electron chi connectivity index (χ2n) is 7.10. The van der Waals surface area contributed by atoms with Crippen molar-refractivity contribution in [3.8, 4) is 0 Å². The summed E-state index contributed by atoms with van der Waals surface area (Å²) < 4.78 is 41.2. The van der Waals surface area contributed by atoms with Crippen LogP contribution in [0.2, 0.25) is 0 Å². The Balaban J connectivity index is 1.82. The number of aromatic nitrogens is 1. The fourth-order valence-corrected chi connectivity index (χ4v) is 3.81. The zero-order valence-corrected chi connectivity index (χ0v) is 17.0. The molecule has 2 aromatic carbocycles. The number of nitrogens with one attached hydrogen (secondary N) is 2. The maximum absolute atomic E-state index is 13.1. The van der Waals surface area contributed by atoms with Crippen LogP contribution >= 0.6 is 12.2 Å². The summed E-state index contributed by atoms with van der Waals surface area (Å²) in [5.41, 5.74) is 1.79. The number of amides is 2. The Hall–Kier alpha value is -3.46. The number of alkyl halides is 3. The van der Waals surface area contributed by atoms with E-state index in [0.29, 0.717) is 16.8 Å². The second kappa shape index (κ2) is 7.66. The van der Waals surface area contributed by atoms with Crippen LogP contribution in [-0.4, -0.2) is 21.5 Å². The Morgan fingerprint density at radius 1 is 1.03 bits per heavy atom. The van der Waals surface area contributed by atoms with Gasteiger partial charge in [-0.3, -0.25) is 20.2 Å². The highest BCUT2D eigenvalue weighted by molar-refractivity contribution is 7.80. The van der Waals surface area contributed by atoms with Gasteiger partial charge < -0.3 is 4.57 Å². The molecule has 2 heterocycles. The van der Waals surface area contributed by atoms with Crippen LogP contribution in [0, 0.1) is 6.92 Å². The van der Waals surface area contributed by atoms with E-state index in [-0.39, 0.29) is 17.2 Å². The van der Waals surface area contributed by atoms with E-state index < -0.39 is 23.6 Å². The van der Waals surface area contributed by atoms with Crippen LogP contribution in [0.25, 0.3) is 17.0 Å². The number of para-hydroxylation sites is 1. The van der Waals surface area contributed by atoms with Crippen LogP contribution in [0.3, 0.4) is 0 Å². The van der Waals surface area contributed by atoms with Gasteiger partial charge in [-0.2, -0.15) is 13.2 Å². The van der Waals surface area contributed by atoms with Crippen LogP contribution < -0.4 is 10.6 Å². The molecule has 0 atom stereocenters. The first-order valence-corrected chi connectivity index (χ1v) is 9.68. The molecule has 1 saturated heterocycles. The van der Waals surface area contributed by atoms with Crippen molar-refractivity contribution >= 4 is 46.1 Å². The number of benzene rings is 2. The van der Waals surface area contributed by atoms with E-state index in [1.165, 1.54) is 12.1 Å². The van der Waals surface area contributed by atoms with E-state index in [9.17, 15) is 22.8 Å². The van der Waals surface area contributed by atoms with Gasteiger partial charge in [0.25, 0.3) is 11.8 Å². The smallest absolute Gasteiger partial charge is 0.340 e. The largest absolute Gasteiger partial charge is 0.416 e. The predicted octanol–water partition coefficient (Wildman–Crippen LogP) is 3.93. The first-order chi connectivity index (χ1) is 14.6. The maximum atomic E-state index is 13.1. The third-order valence-corrected chi connectivity index (χ3v) is 5.31. The fraction of sp³-hybridized carbons (Fsp3) is 0.136. The SMILES string of the molecule is Cc1c(C=C2C(=O)NC(=S)NC2=O)c2ccccc2n1Cc1cccc(C(F)(F)F)c1. The van der Waals surface area contributed by atoms with Crippen molar-refractivity contribution in [2.75, 3.05) is 0 Å². The highest BCUT2D eigenvalue weighted by Crippen LogP contribution is 2.32. The van der Waals surface area contributed by atoms with E-state index in [1.807, 2.05) is 28.8 Å². The average Bonchev–Trinajstić information content (AvgIpc) is 2.96. The summed E-state index contributed by atoms with van der Waals surface area (Å²) >= 11 is 4.82. The molecule has 1 aliphatic rings. The summed E-state index contributed by atoms with van der Waals surface area (Å²) in [6.45, 7) is 1.99. The van der Waals surface area contributed by atoms with Crippen molar-refractivity contribution < 1.29 is 22.8 Å². The molecule has 2 amide bonds. The monoisotopic (exact) mass is 443 g/mol. The molecule has 0 unspecified atom stereocenters. The van der Waals surface area contributed by atoms with E-state index in [0.717, 1.165) is 23.0 Å². The van der Waals surface area contributed by atoms with E-state index in [2.05, 4.69) is 10.6 Å². The molecule has 3 aromatic rings. The lowest BCUT2D eigenvalue weighted by Crippen LogP contribution is -2.51. The number of nitrogens with zero attached hydrogens (tertiary/aromatic N) is 1. The van der Waals surface area contributed by atoms with Crippen LogP contribution in [0.4, 0.5) is 13.2 Å². The third kappa shape index (κ3) is 3.96. The molecule has 1 aromatic heterocycles. The van der Waals surface area contributed by atoms with Crippen molar-refractivity contribution in [3.05, 3.63) is 76.5 Å². The number of hydrogen-bond donors (Lipinski definition) is 2. The highest BCUT2D eigenvalue weighted by atomic mass is 32.1. The van der Waals surface area contributed by atoms with E-state index in [4.69, 9.17) is 12.2 Å². The topological polar surface area (TPSA) is 63.1 Å². The second-order valence-corrected chi connectivity index (χ2v) is 7.50. The maximum Gasteiger partial charge on any atom is 0.416 e.